The van der Waals surface area contributed by atoms with E-state index in [2.05, 4.69) is 86.8 Å². The molecule has 0 spiro atoms. The number of pyridine rings is 2. The normalized spacial score (nSPS) is 12.3. The lowest BCUT2D eigenvalue weighted by molar-refractivity contribution is -0.665. The summed E-state index contributed by atoms with van der Waals surface area (Å²) in [6, 6.07) is 17.9. The maximum atomic E-state index is 8.82. The summed E-state index contributed by atoms with van der Waals surface area (Å²) >= 11 is 0. The van der Waals surface area contributed by atoms with Crippen LogP contribution in [0.5, 0.6) is 0 Å². The van der Waals surface area contributed by atoms with Gasteiger partial charge in [-0.25, -0.2) is 0 Å². The van der Waals surface area contributed by atoms with Crippen LogP contribution in [0.15, 0.2) is 67.0 Å². The van der Waals surface area contributed by atoms with E-state index in [0.717, 1.165) is 39.7 Å². The Balaban J connectivity index is 1.98. The molecule has 0 saturated carbocycles. The molecule has 0 unspecified atom stereocenters. The van der Waals surface area contributed by atoms with Crippen LogP contribution in [-0.4, -0.2) is 4.98 Å². The Kier molecular flexibility index (Phi) is 4.86. The molecule has 0 amide bonds. The Morgan fingerprint density at radius 1 is 1.00 bits per heavy atom. The summed E-state index contributed by atoms with van der Waals surface area (Å²) in [5.41, 5.74) is 8.31. The third kappa shape index (κ3) is 4.00. The van der Waals surface area contributed by atoms with Crippen molar-refractivity contribution in [2.24, 2.45) is 12.5 Å². The Morgan fingerprint density at radius 3 is 2.50 bits per heavy atom. The molecule has 4 rings (SSSR count). The van der Waals surface area contributed by atoms with E-state index >= 15 is 0 Å². The summed E-state index contributed by atoms with van der Waals surface area (Å²) < 4.78 is 11.0. The molecule has 0 fully saturated rings. The monoisotopic (exact) mass is 396 g/mol. The molecule has 0 aliphatic heterocycles. The van der Waals surface area contributed by atoms with Gasteiger partial charge in [0.25, 0.3) is 0 Å². The zero-order valence-electron chi connectivity index (χ0n) is 19.9. The quantitative estimate of drug-likeness (QED) is 0.357. The maximum Gasteiger partial charge on any atom is 0.220 e. The van der Waals surface area contributed by atoms with Gasteiger partial charge in [0, 0.05) is 30.9 Å². The molecule has 0 aliphatic carbocycles. The van der Waals surface area contributed by atoms with E-state index in [0.29, 0.717) is 6.04 Å². The van der Waals surface area contributed by atoms with Crippen LogP contribution < -0.4 is 4.57 Å². The van der Waals surface area contributed by atoms with E-state index in [4.69, 9.17) is 1.37 Å². The van der Waals surface area contributed by atoms with E-state index in [-0.39, 0.29) is 5.41 Å². The molecule has 2 heterocycles. The van der Waals surface area contributed by atoms with E-state index in [1.165, 1.54) is 16.7 Å². The van der Waals surface area contributed by atoms with Crippen molar-refractivity contribution in [1.82, 2.24) is 4.98 Å². The summed E-state index contributed by atoms with van der Waals surface area (Å²) in [6.07, 6.45) is 4.70. The van der Waals surface area contributed by atoms with Crippen molar-refractivity contribution in [2.75, 3.05) is 0 Å². The second kappa shape index (κ2) is 7.68. The highest BCUT2D eigenvalue weighted by molar-refractivity contribution is 5.95. The molecule has 2 heteroatoms. The van der Waals surface area contributed by atoms with Gasteiger partial charge >= 0.3 is 0 Å². The summed E-state index contributed by atoms with van der Waals surface area (Å²) in [7, 11) is 2.07. The van der Waals surface area contributed by atoms with Gasteiger partial charge in [-0.05, 0) is 59.0 Å². The van der Waals surface area contributed by atoms with Gasteiger partial charge in [-0.1, -0.05) is 51.1 Å². The molecule has 0 aliphatic rings. The van der Waals surface area contributed by atoms with Crippen LogP contribution in [0, 0.1) is 19.3 Å². The van der Waals surface area contributed by atoms with Crippen molar-refractivity contribution in [1.29, 1.82) is 0 Å². The standard InChI is InChI=1S/C28H31N2/c1-19-9-11-22(23-8-7-13-29-18-23)16-26(19)27-25-12-10-21(17-28(3,4)5)15-24(25)14-20(2)30(27)6/h7-16,18H,17H2,1-6H3/q+1/i14D. The Hall–Kier alpha value is -3.00. The lowest BCUT2D eigenvalue weighted by Crippen LogP contribution is -2.35. The number of hydrogen-bond donors (Lipinski definition) is 0. The number of aromatic nitrogens is 2. The lowest BCUT2D eigenvalue weighted by atomic mass is 9.87. The van der Waals surface area contributed by atoms with E-state index in [1.807, 2.05) is 19.2 Å². The second-order valence-corrected chi connectivity index (χ2v) is 9.51. The molecule has 0 radical (unpaired) electrons. The molecule has 0 atom stereocenters. The molecule has 2 nitrogen and oxygen atoms in total. The lowest BCUT2D eigenvalue weighted by Gasteiger charge is -2.18. The number of benzene rings is 2. The van der Waals surface area contributed by atoms with Crippen LogP contribution in [0.25, 0.3) is 33.2 Å². The highest BCUT2D eigenvalue weighted by Gasteiger charge is 2.21. The van der Waals surface area contributed by atoms with Crippen molar-refractivity contribution < 1.29 is 5.94 Å². The van der Waals surface area contributed by atoms with Crippen molar-refractivity contribution in [3.05, 3.63) is 83.8 Å². The molecule has 0 bridgehead atoms. The topological polar surface area (TPSA) is 16.8 Å². The van der Waals surface area contributed by atoms with Crippen LogP contribution in [0.3, 0.4) is 0 Å². The largest absolute Gasteiger partial charge is 0.264 e. The fourth-order valence-electron chi connectivity index (χ4n) is 4.17. The van der Waals surface area contributed by atoms with Crippen LogP contribution in [0.2, 0.25) is 0 Å². The molecule has 0 N–H and O–H groups in total. The fourth-order valence-corrected chi connectivity index (χ4v) is 4.17. The van der Waals surface area contributed by atoms with Crippen molar-refractivity contribution in [2.45, 2.75) is 41.0 Å². The highest BCUT2D eigenvalue weighted by atomic mass is 14.9. The summed E-state index contributed by atoms with van der Waals surface area (Å²) in [4.78, 5) is 4.29. The van der Waals surface area contributed by atoms with Crippen molar-refractivity contribution in [3.63, 3.8) is 0 Å². The molecular weight excluding hydrogens is 364 g/mol. The minimum atomic E-state index is 0.210. The molecular formula is C28H31N2+. The Bertz CT molecular complexity index is 1270. The molecule has 2 aromatic carbocycles. The predicted molar refractivity (Wildman–Crippen MR) is 126 cm³/mol. The van der Waals surface area contributed by atoms with Gasteiger partial charge < -0.3 is 0 Å². The first-order chi connectivity index (χ1) is 14.7. The number of nitrogens with zero attached hydrogens (tertiary/aromatic N) is 2. The molecule has 30 heavy (non-hydrogen) atoms. The van der Waals surface area contributed by atoms with Crippen molar-refractivity contribution >= 4 is 10.8 Å². The van der Waals surface area contributed by atoms with Gasteiger partial charge in [-0.2, -0.15) is 4.57 Å². The molecule has 4 aromatic rings. The number of fused-ring (bicyclic) bond motifs is 1. The van der Waals surface area contributed by atoms with Gasteiger partial charge in [0.15, 0.2) is 5.69 Å². The molecule has 2 aromatic heterocycles. The SMILES string of the molecule is [2H]c1c(C)[n+](C)c(-c2cc(-c3cccnc3)ccc2C)c2ccc(CC(C)(C)C)cc12. The van der Waals surface area contributed by atoms with E-state index in [9.17, 15) is 0 Å². The third-order valence-corrected chi connectivity index (χ3v) is 5.72. The van der Waals surface area contributed by atoms with Crippen LogP contribution in [0.1, 0.15) is 39.0 Å². The zero-order chi connectivity index (χ0) is 22.3. The first kappa shape index (κ1) is 19.0. The molecule has 0 saturated heterocycles. The summed E-state index contributed by atoms with van der Waals surface area (Å²) in [6.45, 7) is 11.0. The summed E-state index contributed by atoms with van der Waals surface area (Å²) in [5, 5.41) is 2.15. The number of rotatable bonds is 3. The number of aryl methyl sites for hydroxylation is 1. The second-order valence-electron chi connectivity index (χ2n) is 9.51. The Morgan fingerprint density at radius 2 is 1.80 bits per heavy atom. The average molecular weight is 397 g/mol. The third-order valence-electron chi connectivity index (χ3n) is 5.72. The fraction of sp³-hybridized carbons (Fsp3) is 0.286. The van der Waals surface area contributed by atoms with Crippen LogP contribution in [-0.2, 0) is 13.5 Å². The first-order valence-electron chi connectivity index (χ1n) is 11.1. The van der Waals surface area contributed by atoms with E-state index < -0.39 is 0 Å². The van der Waals surface area contributed by atoms with Gasteiger partial charge in [-0.3, -0.25) is 4.98 Å². The maximum absolute atomic E-state index is 8.82. The highest BCUT2D eigenvalue weighted by Crippen LogP contribution is 2.33. The van der Waals surface area contributed by atoms with Crippen LogP contribution >= 0.6 is 0 Å². The van der Waals surface area contributed by atoms with Gasteiger partial charge in [0.2, 0.25) is 5.69 Å². The van der Waals surface area contributed by atoms with Gasteiger partial charge in [-0.15, -0.1) is 0 Å². The minimum absolute atomic E-state index is 0.210. The van der Waals surface area contributed by atoms with Gasteiger partial charge in [0.05, 0.1) is 12.3 Å². The van der Waals surface area contributed by atoms with Crippen molar-refractivity contribution in [3.8, 4) is 22.4 Å². The Labute approximate surface area is 181 Å². The zero-order valence-corrected chi connectivity index (χ0v) is 18.9. The molecule has 152 valence electrons. The number of hydrogen-bond acceptors (Lipinski definition) is 1. The van der Waals surface area contributed by atoms with E-state index in [1.54, 1.807) is 6.20 Å². The minimum Gasteiger partial charge on any atom is -0.264 e. The van der Waals surface area contributed by atoms with Crippen LogP contribution in [0.4, 0.5) is 0 Å². The smallest absolute Gasteiger partial charge is 0.220 e. The summed E-state index contributed by atoms with van der Waals surface area (Å²) in [5.74, 6) is 0. The average Bonchev–Trinajstić information content (AvgIpc) is 2.73. The van der Waals surface area contributed by atoms with Gasteiger partial charge in [0.1, 0.15) is 7.05 Å². The first-order valence-corrected chi connectivity index (χ1v) is 10.6. The predicted octanol–water partition coefficient (Wildman–Crippen LogP) is 6.60.